The van der Waals surface area contributed by atoms with E-state index in [1.165, 1.54) is 0 Å². The summed E-state index contributed by atoms with van der Waals surface area (Å²) in [6.07, 6.45) is 8.31. The molecule has 0 bridgehead atoms. The molecule has 2 rings (SSSR count). The second kappa shape index (κ2) is 7.40. The molecule has 0 aromatic heterocycles. The largest absolute Gasteiger partial charge is 0.315 e. The van der Waals surface area contributed by atoms with Crippen molar-refractivity contribution < 1.29 is 8.42 Å². The molecular formula is C15H31N3O2S. The third-order valence-electron chi connectivity index (χ3n) is 4.77. The third kappa shape index (κ3) is 4.65. The van der Waals surface area contributed by atoms with Gasteiger partial charge in [0.25, 0.3) is 10.2 Å². The first-order valence-corrected chi connectivity index (χ1v) is 9.92. The normalized spacial score (nSPS) is 27.0. The lowest BCUT2D eigenvalue weighted by Gasteiger charge is -2.37. The van der Waals surface area contributed by atoms with Gasteiger partial charge in [-0.15, -0.1) is 0 Å². The van der Waals surface area contributed by atoms with Crippen molar-refractivity contribution >= 4 is 10.2 Å². The van der Waals surface area contributed by atoms with E-state index in [9.17, 15) is 8.42 Å². The summed E-state index contributed by atoms with van der Waals surface area (Å²) in [4.78, 5) is 0. The standard InChI is InChI=1S/C15H31N3O2S/c1-3-11-16-13-14-8-4-7-12-18(14)21(19,20)17-15(2)9-5-6-10-15/h14,16-17H,3-13H2,1-2H3. The Bertz CT molecular complexity index is 419. The summed E-state index contributed by atoms with van der Waals surface area (Å²) in [6.45, 7) is 6.56. The fourth-order valence-electron chi connectivity index (χ4n) is 3.57. The lowest BCUT2D eigenvalue weighted by Crippen LogP contribution is -2.56. The molecule has 0 amide bonds. The first-order chi connectivity index (χ1) is 9.97. The van der Waals surface area contributed by atoms with E-state index in [2.05, 4.69) is 17.0 Å². The van der Waals surface area contributed by atoms with E-state index < -0.39 is 10.2 Å². The summed E-state index contributed by atoms with van der Waals surface area (Å²) in [5.41, 5.74) is -0.238. The molecule has 6 heteroatoms. The quantitative estimate of drug-likeness (QED) is 0.706. The van der Waals surface area contributed by atoms with Crippen LogP contribution in [0.3, 0.4) is 0 Å². The van der Waals surface area contributed by atoms with Gasteiger partial charge in [0.15, 0.2) is 0 Å². The van der Waals surface area contributed by atoms with Crippen LogP contribution >= 0.6 is 0 Å². The maximum absolute atomic E-state index is 12.8. The molecule has 21 heavy (non-hydrogen) atoms. The second-order valence-corrected chi connectivity index (χ2v) is 8.46. The van der Waals surface area contributed by atoms with E-state index in [1.807, 2.05) is 6.92 Å². The van der Waals surface area contributed by atoms with Gasteiger partial charge in [-0.05, 0) is 45.6 Å². The molecule has 124 valence electrons. The van der Waals surface area contributed by atoms with Crippen molar-refractivity contribution in [3.63, 3.8) is 0 Å². The zero-order valence-electron chi connectivity index (χ0n) is 13.5. The predicted molar refractivity (Wildman–Crippen MR) is 86.4 cm³/mol. The van der Waals surface area contributed by atoms with Crippen LogP contribution in [0.1, 0.15) is 65.2 Å². The Kier molecular flexibility index (Phi) is 6.05. The van der Waals surface area contributed by atoms with E-state index in [4.69, 9.17) is 0 Å². The molecule has 0 aromatic rings. The SMILES string of the molecule is CCCNCC1CCCCN1S(=O)(=O)NC1(C)CCCC1. The van der Waals surface area contributed by atoms with Gasteiger partial charge in [-0.2, -0.15) is 17.4 Å². The van der Waals surface area contributed by atoms with Crippen LogP contribution in [0.4, 0.5) is 0 Å². The Labute approximate surface area is 130 Å². The molecule has 0 spiro atoms. The average Bonchev–Trinajstić information content (AvgIpc) is 2.85. The van der Waals surface area contributed by atoms with Crippen molar-refractivity contribution in [2.45, 2.75) is 76.8 Å². The molecule has 5 nitrogen and oxygen atoms in total. The van der Waals surface area contributed by atoms with Gasteiger partial charge in [0.05, 0.1) is 0 Å². The van der Waals surface area contributed by atoms with Gasteiger partial charge in [-0.1, -0.05) is 26.2 Å². The van der Waals surface area contributed by atoms with Crippen LogP contribution in [0.5, 0.6) is 0 Å². The van der Waals surface area contributed by atoms with Crippen molar-refractivity contribution in [2.24, 2.45) is 0 Å². The van der Waals surface area contributed by atoms with Crippen LogP contribution in [0, 0.1) is 0 Å². The van der Waals surface area contributed by atoms with E-state index in [-0.39, 0.29) is 11.6 Å². The fourth-order valence-corrected chi connectivity index (χ4v) is 5.45. The van der Waals surface area contributed by atoms with Crippen LogP contribution < -0.4 is 10.0 Å². The van der Waals surface area contributed by atoms with E-state index in [0.29, 0.717) is 6.54 Å². The van der Waals surface area contributed by atoms with Gasteiger partial charge in [0.1, 0.15) is 0 Å². The van der Waals surface area contributed by atoms with Crippen molar-refractivity contribution in [1.29, 1.82) is 0 Å². The van der Waals surface area contributed by atoms with Crippen LogP contribution in [-0.4, -0.2) is 43.9 Å². The summed E-state index contributed by atoms with van der Waals surface area (Å²) >= 11 is 0. The van der Waals surface area contributed by atoms with Gasteiger partial charge in [-0.25, -0.2) is 0 Å². The number of piperidine rings is 1. The second-order valence-electron chi connectivity index (χ2n) is 6.84. The number of nitrogens with zero attached hydrogens (tertiary/aromatic N) is 1. The Morgan fingerprint density at radius 2 is 1.90 bits per heavy atom. The molecule has 1 atom stereocenters. The molecule has 2 fully saturated rings. The minimum absolute atomic E-state index is 0.104. The number of rotatable bonds is 7. The summed E-state index contributed by atoms with van der Waals surface area (Å²) in [5, 5.41) is 3.38. The Morgan fingerprint density at radius 3 is 2.57 bits per heavy atom. The van der Waals surface area contributed by atoms with Crippen LogP contribution in [-0.2, 0) is 10.2 Å². The van der Waals surface area contributed by atoms with Gasteiger partial charge in [0, 0.05) is 24.7 Å². The van der Waals surface area contributed by atoms with E-state index >= 15 is 0 Å². The number of nitrogens with one attached hydrogen (secondary N) is 2. The fraction of sp³-hybridized carbons (Fsp3) is 1.00. The van der Waals surface area contributed by atoms with Crippen molar-refractivity contribution in [2.75, 3.05) is 19.6 Å². The predicted octanol–water partition coefficient (Wildman–Crippen LogP) is 2.01. The molecular weight excluding hydrogens is 286 g/mol. The molecule has 0 radical (unpaired) electrons. The molecule has 2 N–H and O–H groups in total. The summed E-state index contributed by atoms with van der Waals surface area (Å²) in [6, 6.07) is 0.104. The topological polar surface area (TPSA) is 61.4 Å². The van der Waals surface area contributed by atoms with Gasteiger partial charge >= 0.3 is 0 Å². The molecule has 1 saturated carbocycles. The summed E-state index contributed by atoms with van der Waals surface area (Å²) in [7, 11) is -3.37. The molecule has 1 aliphatic carbocycles. The molecule has 1 heterocycles. The maximum atomic E-state index is 12.8. The maximum Gasteiger partial charge on any atom is 0.280 e. The first kappa shape index (κ1) is 17.2. The lowest BCUT2D eigenvalue weighted by molar-refractivity contribution is 0.238. The van der Waals surface area contributed by atoms with Gasteiger partial charge in [0.2, 0.25) is 0 Å². The molecule has 1 unspecified atom stereocenters. The van der Waals surface area contributed by atoms with E-state index in [0.717, 1.165) is 64.5 Å². The number of hydrogen-bond donors (Lipinski definition) is 2. The zero-order chi connectivity index (χ0) is 15.3. The highest BCUT2D eigenvalue weighted by Gasteiger charge is 2.38. The lowest BCUT2D eigenvalue weighted by atomic mass is 10.0. The minimum atomic E-state index is -3.37. The molecule has 1 aliphatic heterocycles. The molecule has 1 saturated heterocycles. The van der Waals surface area contributed by atoms with Crippen LogP contribution in [0.25, 0.3) is 0 Å². The van der Waals surface area contributed by atoms with Crippen LogP contribution in [0.2, 0.25) is 0 Å². The molecule has 2 aliphatic rings. The highest BCUT2D eigenvalue weighted by atomic mass is 32.2. The third-order valence-corrected chi connectivity index (χ3v) is 6.62. The molecule has 0 aromatic carbocycles. The van der Waals surface area contributed by atoms with Crippen molar-refractivity contribution in [1.82, 2.24) is 14.3 Å². The van der Waals surface area contributed by atoms with E-state index in [1.54, 1.807) is 4.31 Å². The highest BCUT2D eigenvalue weighted by molar-refractivity contribution is 7.87. The van der Waals surface area contributed by atoms with Crippen molar-refractivity contribution in [3.05, 3.63) is 0 Å². The Balaban J connectivity index is 2.00. The zero-order valence-corrected chi connectivity index (χ0v) is 14.3. The minimum Gasteiger partial charge on any atom is -0.315 e. The van der Waals surface area contributed by atoms with Gasteiger partial charge < -0.3 is 5.32 Å². The smallest absolute Gasteiger partial charge is 0.280 e. The van der Waals surface area contributed by atoms with Gasteiger partial charge in [-0.3, -0.25) is 0 Å². The Morgan fingerprint density at radius 1 is 1.19 bits per heavy atom. The summed E-state index contributed by atoms with van der Waals surface area (Å²) < 4.78 is 30.3. The Hall–Kier alpha value is -0.170. The first-order valence-electron chi connectivity index (χ1n) is 8.48. The average molecular weight is 317 g/mol. The monoisotopic (exact) mass is 317 g/mol. The number of hydrogen-bond acceptors (Lipinski definition) is 3. The highest BCUT2D eigenvalue weighted by Crippen LogP contribution is 2.31. The van der Waals surface area contributed by atoms with Crippen LogP contribution in [0.15, 0.2) is 0 Å². The van der Waals surface area contributed by atoms with Crippen molar-refractivity contribution in [3.8, 4) is 0 Å². The summed E-state index contributed by atoms with van der Waals surface area (Å²) in [5.74, 6) is 0.